The van der Waals surface area contributed by atoms with Gasteiger partial charge in [0.25, 0.3) is 5.91 Å². The molecule has 0 spiro atoms. The Hall–Kier alpha value is -2.74. The lowest BCUT2D eigenvalue weighted by molar-refractivity contribution is -0.133. The number of thiophene rings is 1. The predicted molar refractivity (Wildman–Crippen MR) is 138 cm³/mol. The largest absolute Gasteiger partial charge is 0.332 e. The lowest BCUT2D eigenvalue weighted by atomic mass is 10.2. The van der Waals surface area contributed by atoms with Gasteiger partial charge in [0.05, 0.1) is 6.54 Å². The van der Waals surface area contributed by atoms with Crippen molar-refractivity contribution in [2.45, 2.75) is 25.9 Å². The number of halogens is 2. The first kappa shape index (κ1) is 25.4. The van der Waals surface area contributed by atoms with E-state index in [1.54, 1.807) is 57.5 Å². The van der Waals surface area contributed by atoms with Crippen LogP contribution in [0.3, 0.4) is 0 Å². The Morgan fingerprint density at radius 3 is 2.31 bits per heavy atom. The molecule has 0 N–H and O–H groups in total. The molecule has 1 fully saturated rings. The zero-order valence-electron chi connectivity index (χ0n) is 19.5. The first-order valence-electron chi connectivity index (χ1n) is 11.8. The van der Waals surface area contributed by atoms with Gasteiger partial charge in [0.1, 0.15) is 12.4 Å². The maximum absolute atomic E-state index is 13.6. The fraction of sp³-hybridized carbons (Fsp3) is 0.333. The van der Waals surface area contributed by atoms with E-state index in [9.17, 15) is 14.0 Å². The van der Waals surface area contributed by atoms with Crippen LogP contribution in [0, 0.1) is 5.82 Å². The van der Waals surface area contributed by atoms with Crippen LogP contribution < -0.4 is 0 Å². The Kier molecular flexibility index (Phi) is 8.90. The first-order chi connectivity index (χ1) is 17.0. The topological polar surface area (TPSA) is 43.9 Å². The molecule has 8 heteroatoms. The summed E-state index contributed by atoms with van der Waals surface area (Å²) >= 11 is 7.59. The Balaban J connectivity index is 1.51. The number of rotatable bonds is 10. The number of hydrogen-bond acceptors (Lipinski definition) is 4. The molecular weight excluding hydrogens is 485 g/mol. The minimum absolute atomic E-state index is 0.0259. The maximum atomic E-state index is 13.6. The summed E-state index contributed by atoms with van der Waals surface area (Å²) in [6.07, 6.45) is 2.33. The van der Waals surface area contributed by atoms with E-state index in [1.165, 1.54) is 12.1 Å². The second kappa shape index (κ2) is 12.3. The van der Waals surface area contributed by atoms with Crippen molar-refractivity contribution in [2.75, 3.05) is 32.7 Å². The van der Waals surface area contributed by atoms with Gasteiger partial charge in [-0.1, -0.05) is 29.8 Å². The van der Waals surface area contributed by atoms with Crippen molar-refractivity contribution in [1.29, 1.82) is 0 Å². The summed E-state index contributed by atoms with van der Waals surface area (Å²) < 4.78 is 13.4. The van der Waals surface area contributed by atoms with Crippen LogP contribution in [-0.2, 0) is 17.9 Å². The number of likely N-dealkylation sites (tertiary alicyclic amines) is 1. The van der Waals surface area contributed by atoms with Crippen LogP contribution in [0.15, 0.2) is 66.0 Å². The van der Waals surface area contributed by atoms with Gasteiger partial charge in [-0.05, 0) is 79.3 Å². The third-order valence-electron chi connectivity index (χ3n) is 6.16. The van der Waals surface area contributed by atoms with Crippen molar-refractivity contribution in [3.05, 3.63) is 92.9 Å². The van der Waals surface area contributed by atoms with Crippen LogP contribution in [0.4, 0.5) is 4.39 Å². The molecule has 1 aliphatic heterocycles. The van der Waals surface area contributed by atoms with Crippen molar-refractivity contribution in [1.82, 2.24) is 14.7 Å². The Morgan fingerprint density at radius 2 is 1.66 bits per heavy atom. The number of carbonyl (C=O) groups excluding carboxylic acids is 2. The van der Waals surface area contributed by atoms with Crippen LogP contribution in [0.5, 0.6) is 0 Å². The zero-order chi connectivity index (χ0) is 24.6. The number of hydrogen-bond donors (Lipinski definition) is 0. The molecule has 0 saturated carbocycles. The quantitative estimate of drug-likeness (QED) is 0.369. The normalized spacial score (nSPS) is 13.7. The van der Waals surface area contributed by atoms with Crippen molar-refractivity contribution in [2.24, 2.45) is 0 Å². The molecule has 1 aliphatic rings. The molecule has 3 aromatic rings. The van der Waals surface area contributed by atoms with E-state index in [2.05, 4.69) is 4.90 Å². The van der Waals surface area contributed by atoms with E-state index in [4.69, 9.17) is 11.6 Å². The third-order valence-corrected chi connectivity index (χ3v) is 7.27. The van der Waals surface area contributed by atoms with Gasteiger partial charge in [-0.3, -0.25) is 9.59 Å². The minimum atomic E-state index is -0.313. The lowest BCUT2D eigenvalue weighted by Crippen LogP contribution is -2.45. The van der Waals surface area contributed by atoms with Crippen LogP contribution in [0.25, 0.3) is 0 Å². The fourth-order valence-electron chi connectivity index (χ4n) is 4.19. The van der Waals surface area contributed by atoms with Crippen LogP contribution in [-0.4, -0.2) is 59.2 Å². The summed E-state index contributed by atoms with van der Waals surface area (Å²) in [5, 5.41) is 2.53. The molecule has 4 rings (SSSR count). The second-order valence-electron chi connectivity index (χ2n) is 8.74. The van der Waals surface area contributed by atoms with E-state index < -0.39 is 0 Å². The van der Waals surface area contributed by atoms with Gasteiger partial charge in [-0.25, -0.2) is 4.39 Å². The Labute approximate surface area is 214 Å². The van der Waals surface area contributed by atoms with Gasteiger partial charge in [-0.15, -0.1) is 11.3 Å². The summed E-state index contributed by atoms with van der Waals surface area (Å²) in [6.45, 7) is 3.99. The zero-order valence-corrected chi connectivity index (χ0v) is 21.1. The smallest absolute Gasteiger partial charge is 0.254 e. The van der Waals surface area contributed by atoms with Crippen LogP contribution >= 0.6 is 22.9 Å². The molecular formula is C27H29ClFN3O2S. The standard InChI is InChI=1S/C27H29ClFN3O2S/c28-23-9-7-22(8-10-23)27(34)31(16-15-30-13-1-2-14-30)20-26(33)32(19-25-4-3-17-35-25)18-21-5-11-24(29)12-6-21/h3-12,17H,1-2,13-16,18-20H2. The van der Waals surface area contributed by atoms with Crippen molar-refractivity contribution >= 4 is 34.8 Å². The van der Waals surface area contributed by atoms with Crippen LogP contribution in [0.1, 0.15) is 33.6 Å². The highest BCUT2D eigenvalue weighted by atomic mass is 35.5. The maximum Gasteiger partial charge on any atom is 0.254 e. The second-order valence-corrected chi connectivity index (χ2v) is 10.2. The van der Waals surface area contributed by atoms with Gasteiger partial charge in [0, 0.05) is 35.1 Å². The summed E-state index contributed by atoms with van der Waals surface area (Å²) in [4.78, 5) is 33.7. The van der Waals surface area contributed by atoms with Gasteiger partial charge >= 0.3 is 0 Å². The number of benzene rings is 2. The summed E-state index contributed by atoms with van der Waals surface area (Å²) in [6, 6.07) is 16.9. The van der Waals surface area contributed by atoms with Crippen molar-refractivity contribution in [3.8, 4) is 0 Å². The summed E-state index contributed by atoms with van der Waals surface area (Å²) in [5.74, 6) is -0.648. The fourth-order valence-corrected chi connectivity index (χ4v) is 5.04. The Morgan fingerprint density at radius 1 is 0.943 bits per heavy atom. The molecule has 1 aromatic heterocycles. The monoisotopic (exact) mass is 513 g/mol. The first-order valence-corrected chi connectivity index (χ1v) is 13.1. The van der Waals surface area contributed by atoms with E-state index in [-0.39, 0.29) is 24.2 Å². The average Bonchev–Trinajstić information content (AvgIpc) is 3.57. The third kappa shape index (κ3) is 7.37. The molecule has 0 unspecified atom stereocenters. The van der Waals surface area contributed by atoms with Gasteiger partial charge < -0.3 is 14.7 Å². The molecule has 2 aromatic carbocycles. The van der Waals surface area contributed by atoms with E-state index in [0.717, 1.165) is 42.9 Å². The SMILES string of the molecule is O=C(CN(CCN1CCCC1)C(=O)c1ccc(Cl)cc1)N(Cc1ccc(F)cc1)Cc1cccs1. The summed E-state index contributed by atoms with van der Waals surface area (Å²) in [5.41, 5.74) is 1.34. The van der Waals surface area contributed by atoms with E-state index in [0.29, 0.717) is 30.2 Å². The molecule has 5 nitrogen and oxygen atoms in total. The molecule has 0 atom stereocenters. The number of amides is 2. The molecule has 35 heavy (non-hydrogen) atoms. The molecule has 1 saturated heterocycles. The van der Waals surface area contributed by atoms with Crippen molar-refractivity contribution < 1.29 is 14.0 Å². The molecule has 184 valence electrons. The predicted octanol–water partition coefficient (Wildman–Crippen LogP) is 5.31. The Bertz CT molecular complexity index is 1100. The minimum Gasteiger partial charge on any atom is -0.332 e. The highest BCUT2D eigenvalue weighted by Gasteiger charge is 2.24. The highest BCUT2D eigenvalue weighted by Crippen LogP contribution is 2.17. The molecule has 0 aliphatic carbocycles. The van der Waals surface area contributed by atoms with E-state index in [1.807, 2.05) is 17.5 Å². The molecule has 2 heterocycles. The number of nitrogens with zero attached hydrogens (tertiary/aromatic N) is 3. The van der Waals surface area contributed by atoms with E-state index >= 15 is 0 Å². The average molecular weight is 514 g/mol. The van der Waals surface area contributed by atoms with Crippen LogP contribution in [0.2, 0.25) is 5.02 Å². The van der Waals surface area contributed by atoms with Crippen molar-refractivity contribution in [3.63, 3.8) is 0 Å². The number of carbonyl (C=O) groups is 2. The molecule has 2 amide bonds. The van der Waals surface area contributed by atoms with Gasteiger partial charge in [0.15, 0.2) is 0 Å². The highest BCUT2D eigenvalue weighted by molar-refractivity contribution is 7.09. The molecule has 0 radical (unpaired) electrons. The van der Waals surface area contributed by atoms with Gasteiger partial charge in [-0.2, -0.15) is 0 Å². The summed E-state index contributed by atoms with van der Waals surface area (Å²) in [7, 11) is 0. The lowest BCUT2D eigenvalue weighted by Gasteiger charge is -2.29. The molecule has 0 bridgehead atoms. The van der Waals surface area contributed by atoms with Gasteiger partial charge in [0.2, 0.25) is 5.91 Å².